The number of benzene rings is 1. The predicted molar refractivity (Wildman–Crippen MR) is 79.5 cm³/mol. The average molecular weight is 315 g/mol. The van der Waals surface area contributed by atoms with Crippen molar-refractivity contribution in [1.82, 2.24) is 15.0 Å². The van der Waals surface area contributed by atoms with E-state index in [9.17, 15) is 4.79 Å². The molecule has 2 aliphatic rings. The average Bonchev–Trinajstić information content (AvgIpc) is 3.22. The summed E-state index contributed by atoms with van der Waals surface area (Å²) in [6, 6.07) is 5.39. The van der Waals surface area contributed by atoms with Crippen molar-refractivity contribution < 1.29 is 18.8 Å². The number of ether oxygens (including phenoxy) is 2. The highest BCUT2D eigenvalue weighted by Gasteiger charge is 2.31. The van der Waals surface area contributed by atoms with Gasteiger partial charge in [-0.15, -0.1) is 0 Å². The third-order valence-corrected chi connectivity index (χ3v) is 4.24. The quantitative estimate of drug-likeness (QED) is 0.845. The highest BCUT2D eigenvalue weighted by atomic mass is 16.7. The highest BCUT2D eigenvalue weighted by Crippen LogP contribution is 2.36. The summed E-state index contributed by atoms with van der Waals surface area (Å²) in [4.78, 5) is 19.0. The summed E-state index contributed by atoms with van der Waals surface area (Å²) in [5.74, 6) is 2.46. The van der Waals surface area contributed by atoms with Gasteiger partial charge in [0.15, 0.2) is 17.3 Å². The van der Waals surface area contributed by atoms with Crippen molar-refractivity contribution in [3.8, 4) is 11.5 Å². The number of fused-ring (bicyclic) bond motifs is 1. The molecule has 23 heavy (non-hydrogen) atoms. The van der Waals surface area contributed by atoms with Gasteiger partial charge in [0.25, 0.3) is 5.91 Å². The van der Waals surface area contributed by atoms with Gasteiger partial charge in [0, 0.05) is 25.9 Å². The Morgan fingerprint density at radius 1 is 1.35 bits per heavy atom. The van der Waals surface area contributed by atoms with Crippen molar-refractivity contribution in [3.05, 3.63) is 35.5 Å². The summed E-state index contributed by atoms with van der Waals surface area (Å²) in [5, 5.41) is 4.00. The van der Waals surface area contributed by atoms with Gasteiger partial charge in [-0.2, -0.15) is 4.98 Å². The number of amides is 1. The molecule has 7 heteroatoms. The molecule has 1 amide bonds. The Bertz CT molecular complexity index is 743. The first kappa shape index (κ1) is 14.0. The van der Waals surface area contributed by atoms with E-state index in [0.29, 0.717) is 35.3 Å². The fourth-order valence-electron chi connectivity index (χ4n) is 3.12. The molecule has 1 saturated heterocycles. The lowest BCUT2D eigenvalue weighted by Gasteiger charge is -2.31. The maximum absolute atomic E-state index is 12.9. The molecule has 1 aromatic heterocycles. The van der Waals surface area contributed by atoms with E-state index in [1.807, 2.05) is 11.0 Å². The number of nitrogens with zero attached hydrogens (tertiary/aromatic N) is 3. The van der Waals surface area contributed by atoms with Crippen molar-refractivity contribution in [3.63, 3.8) is 0 Å². The SMILES string of the molecule is Cc1nc([C@@H]2CCCN(C(=O)c3cccc4c3OCO4)C2)no1. The van der Waals surface area contributed by atoms with Gasteiger partial charge in [-0.05, 0) is 25.0 Å². The lowest BCUT2D eigenvalue weighted by Crippen LogP contribution is -2.39. The largest absolute Gasteiger partial charge is 0.454 e. The van der Waals surface area contributed by atoms with Crippen LogP contribution in [0.15, 0.2) is 22.7 Å². The van der Waals surface area contributed by atoms with Crippen molar-refractivity contribution in [2.45, 2.75) is 25.7 Å². The molecule has 0 aliphatic carbocycles. The van der Waals surface area contributed by atoms with Gasteiger partial charge in [0.2, 0.25) is 12.7 Å². The van der Waals surface area contributed by atoms with Gasteiger partial charge in [0.1, 0.15) is 0 Å². The zero-order chi connectivity index (χ0) is 15.8. The summed E-state index contributed by atoms with van der Waals surface area (Å²) < 4.78 is 15.8. The van der Waals surface area contributed by atoms with Crippen molar-refractivity contribution >= 4 is 5.91 Å². The van der Waals surface area contributed by atoms with Gasteiger partial charge in [-0.1, -0.05) is 11.2 Å². The molecule has 3 heterocycles. The van der Waals surface area contributed by atoms with Crippen LogP contribution in [0.2, 0.25) is 0 Å². The number of hydrogen-bond donors (Lipinski definition) is 0. The van der Waals surface area contributed by atoms with Crippen molar-refractivity contribution in [2.24, 2.45) is 0 Å². The Labute approximate surface area is 133 Å². The number of hydrogen-bond acceptors (Lipinski definition) is 6. The molecule has 0 radical (unpaired) electrons. The van der Waals surface area contributed by atoms with Crippen LogP contribution in [0.4, 0.5) is 0 Å². The Balaban J connectivity index is 1.56. The second-order valence-corrected chi connectivity index (χ2v) is 5.80. The fourth-order valence-corrected chi connectivity index (χ4v) is 3.12. The Hall–Kier alpha value is -2.57. The van der Waals surface area contributed by atoms with Crippen LogP contribution in [0.1, 0.15) is 40.8 Å². The predicted octanol–water partition coefficient (Wildman–Crippen LogP) is 2.13. The zero-order valence-electron chi connectivity index (χ0n) is 12.8. The lowest BCUT2D eigenvalue weighted by atomic mass is 9.96. The lowest BCUT2D eigenvalue weighted by molar-refractivity contribution is 0.0699. The van der Waals surface area contributed by atoms with E-state index in [1.54, 1.807) is 19.1 Å². The van der Waals surface area contributed by atoms with Crippen LogP contribution >= 0.6 is 0 Å². The van der Waals surface area contributed by atoms with Crippen LogP contribution in [0.5, 0.6) is 11.5 Å². The molecule has 2 aromatic rings. The topological polar surface area (TPSA) is 77.7 Å². The summed E-state index contributed by atoms with van der Waals surface area (Å²) in [6.45, 7) is 3.23. The monoisotopic (exact) mass is 315 g/mol. The Kier molecular flexibility index (Phi) is 3.40. The maximum Gasteiger partial charge on any atom is 0.257 e. The number of aryl methyl sites for hydroxylation is 1. The van der Waals surface area contributed by atoms with Gasteiger partial charge in [0.05, 0.1) is 5.56 Å². The van der Waals surface area contributed by atoms with Crippen molar-refractivity contribution in [1.29, 1.82) is 0 Å². The second kappa shape index (κ2) is 5.57. The Morgan fingerprint density at radius 2 is 2.26 bits per heavy atom. The van der Waals surface area contributed by atoms with E-state index in [0.717, 1.165) is 19.4 Å². The van der Waals surface area contributed by atoms with Crippen molar-refractivity contribution in [2.75, 3.05) is 19.9 Å². The molecule has 0 saturated carbocycles. The van der Waals surface area contributed by atoms with E-state index < -0.39 is 0 Å². The minimum atomic E-state index is -0.0442. The molecule has 0 unspecified atom stereocenters. The highest BCUT2D eigenvalue weighted by molar-refractivity contribution is 5.98. The standard InChI is InChI=1S/C16H17N3O4/c1-10-17-15(18-23-10)11-4-3-7-19(8-11)16(20)12-5-2-6-13-14(12)22-9-21-13/h2,5-6,11H,3-4,7-9H2,1H3/t11-/m1/s1. The summed E-state index contributed by atoms with van der Waals surface area (Å²) >= 11 is 0. The van der Waals surface area contributed by atoms with Gasteiger partial charge >= 0.3 is 0 Å². The van der Waals surface area contributed by atoms with E-state index in [2.05, 4.69) is 10.1 Å². The van der Waals surface area contributed by atoms with E-state index in [-0.39, 0.29) is 18.6 Å². The number of likely N-dealkylation sites (tertiary alicyclic amines) is 1. The smallest absolute Gasteiger partial charge is 0.257 e. The molecule has 7 nitrogen and oxygen atoms in total. The molecule has 0 N–H and O–H groups in total. The molecule has 2 aliphatic heterocycles. The van der Waals surface area contributed by atoms with Gasteiger partial charge in [-0.3, -0.25) is 4.79 Å². The number of rotatable bonds is 2. The minimum Gasteiger partial charge on any atom is -0.454 e. The molecular formula is C16H17N3O4. The summed E-state index contributed by atoms with van der Waals surface area (Å²) in [6.07, 6.45) is 1.87. The first-order chi connectivity index (χ1) is 11.2. The van der Waals surface area contributed by atoms with E-state index >= 15 is 0 Å². The van der Waals surface area contributed by atoms with Gasteiger partial charge < -0.3 is 18.9 Å². The minimum absolute atomic E-state index is 0.0442. The number of carbonyl (C=O) groups excluding carboxylic acids is 1. The Morgan fingerprint density at radius 3 is 3.09 bits per heavy atom. The van der Waals surface area contributed by atoms with E-state index in [4.69, 9.17) is 14.0 Å². The molecule has 4 rings (SSSR count). The third-order valence-electron chi connectivity index (χ3n) is 4.24. The van der Waals surface area contributed by atoms with Crippen LogP contribution in [-0.2, 0) is 0 Å². The summed E-state index contributed by atoms with van der Waals surface area (Å²) in [5.41, 5.74) is 0.546. The number of carbonyl (C=O) groups is 1. The van der Waals surface area contributed by atoms with Crippen LogP contribution in [0, 0.1) is 6.92 Å². The second-order valence-electron chi connectivity index (χ2n) is 5.80. The molecular weight excluding hydrogens is 298 g/mol. The molecule has 1 aromatic carbocycles. The number of para-hydroxylation sites is 1. The van der Waals surface area contributed by atoms with Crippen LogP contribution in [0.25, 0.3) is 0 Å². The molecule has 1 fully saturated rings. The summed E-state index contributed by atoms with van der Waals surface area (Å²) in [7, 11) is 0. The molecule has 0 spiro atoms. The molecule has 1 atom stereocenters. The first-order valence-corrected chi connectivity index (χ1v) is 7.70. The van der Waals surface area contributed by atoms with E-state index in [1.165, 1.54) is 0 Å². The fraction of sp³-hybridized carbons (Fsp3) is 0.438. The third kappa shape index (κ3) is 2.52. The number of piperidine rings is 1. The maximum atomic E-state index is 12.9. The van der Waals surface area contributed by atoms with Crippen LogP contribution < -0.4 is 9.47 Å². The van der Waals surface area contributed by atoms with Gasteiger partial charge in [-0.25, -0.2) is 0 Å². The van der Waals surface area contributed by atoms with Crippen LogP contribution in [-0.4, -0.2) is 40.8 Å². The van der Waals surface area contributed by atoms with Crippen LogP contribution in [0.3, 0.4) is 0 Å². The zero-order valence-corrected chi connectivity index (χ0v) is 12.8. The molecule has 0 bridgehead atoms. The number of aromatic nitrogens is 2. The normalized spacial score (nSPS) is 19.9. The first-order valence-electron chi connectivity index (χ1n) is 7.70. The molecule has 120 valence electrons.